The van der Waals surface area contributed by atoms with E-state index in [0.717, 1.165) is 6.42 Å². The molecule has 0 spiro atoms. The molecule has 1 heteroatoms. The average molecular weight is 100 g/mol. The highest BCUT2D eigenvalue weighted by atomic mass is 16.2. The monoisotopic (exact) mass is 100 g/mol. The van der Waals surface area contributed by atoms with Gasteiger partial charge in [-0.15, -0.1) is 0 Å². The molecule has 0 aliphatic heterocycles. The van der Waals surface area contributed by atoms with Gasteiger partial charge < -0.3 is 0 Å². The van der Waals surface area contributed by atoms with Gasteiger partial charge in [-0.05, 0) is 18.8 Å². The molecule has 1 atom stereocenters. The Morgan fingerprint density at radius 3 is 2.43 bits per heavy atom. The van der Waals surface area contributed by atoms with Gasteiger partial charge in [-0.25, -0.2) is 5.11 Å². The van der Waals surface area contributed by atoms with Crippen LogP contribution in [0.5, 0.6) is 0 Å². The second kappa shape index (κ2) is 4.13. The van der Waals surface area contributed by atoms with E-state index in [9.17, 15) is 5.11 Å². The van der Waals surface area contributed by atoms with Gasteiger partial charge in [0.25, 0.3) is 0 Å². The van der Waals surface area contributed by atoms with E-state index in [1.807, 2.05) is 6.92 Å². The molecule has 1 nitrogen and oxygen atoms in total. The number of hydrogen-bond acceptors (Lipinski definition) is 0. The molecule has 2 radical (unpaired) electrons. The molecule has 0 rings (SSSR count). The molecule has 0 aromatic heterocycles. The Morgan fingerprint density at radius 2 is 2.29 bits per heavy atom. The molecular weight excluding hydrogens is 88.1 g/mol. The summed E-state index contributed by atoms with van der Waals surface area (Å²) in [6.45, 7) is 4.10. The van der Waals surface area contributed by atoms with E-state index >= 15 is 0 Å². The maximum absolute atomic E-state index is 9.88. The molecule has 42 valence electrons. The summed E-state index contributed by atoms with van der Waals surface area (Å²) in [5, 5.41) is 9.88. The molecule has 0 aromatic rings. The van der Waals surface area contributed by atoms with Gasteiger partial charge in [0.05, 0.1) is 6.61 Å². The largest absolute Gasteiger partial charge is 0.237 e. The van der Waals surface area contributed by atoms with E-state index < -0.39 is 0 Å². The standard InChI is InChI=1S/C6H12O/c1-3-6(2)4-5-7/h3,6H,4-5H2,1-2H3. The Kier molecular flexibility index (Phi) is 4.10. The van der Waals surface area contributed by atoms with Crippen molar-refractivity contribution in [3.63, 3.8) is 0 Å². The molecule has 0 saturated heterocycles. The van der Waals surface area contributed by atoms with Crippen molar-refractivity contribution < 1.29 is 5.11 Å². The van der Waals surface area contributed by atoms with Crippen LogP contribution in [0.3, 0.4) is 0 Å². The molecule has 0 N–H and O–H groups in total. The van der Waals surface area contributed by atoms with Gasteiger partial charge in [-0.3, -0.25) is 0 Å². The number of hydrogen-bond donors (Lipinski definition) is 0. The normalized spacial score (nSPS) is 14.1. The van der Waals surface area contributed by atoms with E-state index in [-0.39, 0.29) is 6.61 Å². The number of rotatable bonds is 3. The fraction of sp³-hybridized carbons (Fsp3) is 0.833. The second-order valence-electron chi connectivity index (χ2n) is 1.80. The van der Waals surface area contributed by atoms with Crippen LogP contribution in [0, 0.1) is 12.3 Å². The summed E-state index contributed by atoms with van der Waals surface area (Å²) in [6, 6.07) is 0. The van der Waals surface area contributed by atoms with Crippen molar-refractivity contribution in [3.8, 4) is 0 Å². The molecular formula is C6H12O. The van der Waals surface area contributed by atoms with Crippen LogP contribution in [-0.2, 0) is 5.11 Å². The van der Waals surface area contributed by atoms with Crippen LogP contribution in [0.25, 0.3) is 0 Å². The van der Waals surface area contributed by atoms with Crippen LogP contribution >= 0.6 is 0 Å². The first kappa shape index (κ1) is 6.96. The third-order valence-corrected chi connectivity index (χ3v) is 1.14. The molecule has 1 unspecified atom stereocenters. The highest BCUT2D eigenvalue weighted by molar-refractivity contribution is 4.64. The first-order valence-electron chi connectivity index (χ1n) is 2.68. The van der Waals surface area contributed by atoms with Crippen LogP contribution in [0.4, 0.5) is 0 Å². The Morgan fingerprint density at radius 1 is 1.71 bits per heavy atom. The van der Waals surface area contributed by atoms with Crippen LogP contribution in [0.1, 0.15) is 20.3 Å². The fourth-order valence-corrected chi connectivity index (χ4v) is 0.353. The molecule has 0 saturated carbocycles. The zero-order chi connectivity index (χ0) is 5.70. The molecule has 7 heavy (non-hydrogen) atoms. The van der Waals surface area contributed by atoms with E-state index in [1.165, 1.54) is 0 Å². The molecule has 0 amide bonds. The second-order valence-corrected chi connectivity index (χ2v) is 1.80. The maximum atomic E-state index is 9.88. The van der Waals surface area contributed by atoms with Crippen LogP contribution in [0.15, 0.2) is 0 Å². The highest BCUT2D eigenvalue weighted by Gasteiger charge is 1.94. The Bertz CT molecular complexity index is 35.2. The van der Waals surface area contributed by atoms with Crippen molar-refractivity contribution in [2.75, 3.05) is 6.61 Å². The summed E-state index contributed by atoms with van der Waals surface area (Å²) in [5.74, 6) is 0.512. The maximum Gasteiger partial charge on any atom is 0.0825 e. The van der Waals surface area contributed by atoms with Gasteiger partial charge in [-0.2, -0.15) is 0 Å². The molecule has 0 aliphatic carbocycles. The third-order valence-electron chi connectivity index (χ3n) is 1.14. The van der Waals surface area contributed by atoms with Crippen molar-refractivity contribution >= 4 is 0 Å². The third kappa shape index (κ3) is 3.80. The van der Waals surface area contributed by atoms with E-state index in [2.05, 4.69) is 13.3 Å². The Hall–Kier alpha value is -0.0400. The van der Waals surface area contributed by atoms with Crippen LogP contribution < -0.4 is 0 Å². The summed E-state index contributed by atoms with van der Waals surface area (Å²) in [5.41, 5.74) is 0. The van der Waals surface area contributed by atoms with Crippen LogP contribution in [0.2, 0.25) is 0 Å². The first-order chi connectivity index (χ1) is 3.31. The minimum Gasteiger partial charge on any atom is -0.237 e. The lowest BCUT2D eigenvalue weighted by atomic mass is 10.1. The zero-order valence-corrected chi connectivity index (χ0v) is 4.98. The summed E-state index contributed by atoms with van der Waals surface area (Å²) in [7, 11) is 0. The summed E-state index contributed by atoms with van der Waals surface area (Å²) in [6.07, 6.45) is 2.84. The molecule has 0 aromatic carbocycles. The van der Waals surface area contributed by atoms with Gasteiger partial charge in [0.15, 0.2) is 0 Å². The van der Waals surface area contributed by atoms with E-state index in [1.54, 1.807) is 0 Å². The lowest BCUT2D eigenvalue weighted by Crippen LogP contribution is -1.94. The molecule has 0 aliphatic rings. The molecule has 0 heterocycles. The predicted octanol–water partition coefficient (Wildman–Crippen LogP) is 1.67. The molecule has 0 bridgehead atoms. The Labute approximate surface area is 45.4 Å². The highest BCUT2D eigenvalue weighted by Crippen LogP contribution is 2.02. The van der Waals surface area contributed by atoms with E-state index in [0.29, 0.717) is 5.92 Å². The minimum atomic E-state index is 0.0610. The van der Waals surface area contributed by atoms with Gasteiger partial charge in [0, 0.05) is 0 Å². The average Bonchev–Trinajstić information content (AvgIpc) is 1.68. The van der Waals surface area contributed by atoms with Gasteiger partial charge in [-0.1, -0.05) is 13.8 Å². The van der Waals surface area contributed by atoms with Crippen molar-refractivity contribution in [2.45, 2.75) is 20.3 Å². The topological polar surface area (TPSA) is 19.9 Å². The van der Waals surface area contributed by atoms with Gasteiger partial charge in [0.1, 0.15) is 0 Å². The minimum absolute atomic E-state index is 0.0610. The lowest BCUT2D eigenvalue weighted by Gasteiger charge is -2.00. The summed E-state index contributed by atoms with van der Waals surface area (Å²) in [4.78, 5) is 0. The predicted molar refractivity (Wildman–Crippen MR) is 29.3 cm³/mol. The fourth-order valence-electron chi connectivity index (χ4n) is 0.353. The quantitative estimate of drug-likeness (QED) is 0.514. The SMILES string of the molecule is C[CH]C(C)CC[O]. The van der Waals surface area contributed by atoms with Crippen molar-refractivity contribution in [2.24, 2.45) is 5.92 Å². The van der Waals surface area contributed by atoms with Gasteiger partial charge in [0.2, 0.25) is 0 Å². The first-order valence-corrected chi connectivity index (χ1v) is 2.68. The lowest BCUT2D eigenvalue weighted by molar-refractivity contribution is 0.178. The van der Waals surface area contributed by atoms with Crippen molar-refractivity contribution in [3.05, 3.63) is 6.42 Å². The van der Waals surface area contributed by atoms with E-state index in [4.69, 9.17) is 0 Å². The van der Waals surface area contributed by atoms with Crippen molar-refractivity contribution in [1.82, 2.24) is 0 Å². The van der Waals surface area contributed by atoms with Crippen molar-refractivity contribution in [1.29, 1.82) is 0 Å². The Balaban J connectivity index is 2.83. The summed E-state index contributed by atoms with van der Waals surface area (Å²) >= 11 is 0. The smallest absolute Gasteiger partial charge is 0.0825 e. The summed E-state index contributed by atoms with van der Waals surface area (Å²) < 4.78 is 0. The van der Waals surface area contributed by atoms with Gasteiger partial charge >= 0.3 is 0 Å². The zero-order valence-electron chi connectivity index (χ0n) is 4.98. The van der Waals surface area contributed by atoms with Crippen LogP contribution in [-0.4, -0.2) is 6.61 Å². The molecule has 0 fully saturated rings.